The van der Waals surface area contributed by atoms with Gasteiger partial charge in [-0.1, -0.05) is 23.4 Å². The highest BCUT2D eigenvalue weighted by molar-refractivity contribution is 7.19. The minimum Gasteiger partial charge on any atom is -0.386 e. The van der Waals surface area contributed by atoms with E-state index in [-0.39, 0.29) is 18.9 Å². The van der Waals surface area contributed by atoms with Crippen LogP contribution in [-0.2, 0) is 11.2 Å². The van der Waals surface area contributed by atoms with Gasteiger partial charge in [0.1, 0.15) is 12.4 Å². The molecule has 21 heavy (non-hydrogen) atoms. The second-order valence-corrected chi connectivity index (χ2v) is 5.79. The molecule has 0 fully saturated rings. The lowest BCUT2D eigenvalue weighted by Crippen LogP contribution is -2.29. The zero-order valence-corrected chi connectivity index (χ0v) is 12.0. The normalized spacial score (nSPS) is 12.4. The third-order valence-electron chi connectivity index (χ3n) is 3.10. The Bertz CT molecular complexity index is 703. The molecule has 5 nitrogen and oxygen atoms in total. The molecular weight excluding hydrogens is 288 g/mol. The van der Waals surface area contributed by atoms with Gasteiger partial charge in [0.2, 0.25) is 5.91 Å². The van der Waals surface area contributed by atoms with Crippen molar-refractivity contribution in [3.63, 3.8) is 0 Å². The predicted molar refractivity (Wildman–Crippen MR) is 80.0 cm³/mol. The van der Waals surface area contributed by atoms with Crippen LogP contribution in [0, 0.1) is 0 Å². The number of fused-ring (bicyclic) bond motifs is 1. The molecule has 1 aromatic carbocycles. The number of nitrogens with zero attached hydrogens (tertiary/aromatic N) is 1. The first kappa shape index (κ1) is 13.8. The first-order valence-electron chi connectivity index (χ1n) is 6.55. The number of rotatable bonds is 5. The molecule has 1 amide bonds. The number of amides is 1. The number of thiophene rings is 1. The van der Waals surface area contributed by atoms with Gasteiger partial charge in [0.25, 0.3) is 0 Å². The lowest BCUT2D eigenvalue weighted by atomic mass is 10.2. The smallest absolute Gasteiger partial charge is 0.226 e. The summed E-state index contributed by atoms with van der Waals surface area (Å²) in [6, 6.07) is 11.5. The summed E-state index contributed by atoms with van der Waals surface area (Å²) in [6.07, 6.45) is 0.869. The number of nitrogens with one attached hydrogen (secondary N) is 1. The van der Waals surface area contributed by atoms with Gasteiger partial charge < -0.3 is 14.9 Å². The van der Waals surface area contributed by atoms with Crippen LogP contribution in [0.1, 0.15) is 16.7 Å². The molecule has 2 N–H and O–H groups in total. The third-order valence-corrected chi connectivity index (χ3v) is 4.32. The molecule has 2 heterocycles. The van der Waals surface area contributed by atoms with Crippen molar-refractivity contribution < 1.29 is 14.4 Å². The average molecular weight is 302 g/mol. The number of benzene rings is 1. The van der Waals surface area contributed by atoms with E-state index < -0.39 is 6.10 Å². The molecule has 1 atom stereocenters. The monoisotopic (exact) mass is 302 g/mol. The zero-order chi connectivity index (χ0) is 14.7. The van der Waals surface area contributed by atoms with E-state index in [1.807, 2.05) is 30.3 Å². The molecule has 0 aliphatic rings. The molecule has 3 aromatic rings. The molecule has 2 aromatic heterocycles. The van der Waals surface area contributed by atoms with Gasteiger partial charge in [0, 0.05) is 22.2 Å². The Balaban J connectivity index is 1.58. The van der Waals surface area contributed by atoms with Gasteiger partial charge >= 0.3 is 0 Å². The van der Waals surface area contributed by atoms with Crippen LogP contribution in [0.5, 0.6) is 0 Å². The molecule has 6 heteroatoms. The molecule has 3 rings (SSSR count). The van der Waals surface area contributed by atoms with E-state index in [0.29, 0.717) is 5.69 Å². The van der Waals surface area contributed by atoms with Gasteiger partial charge in [0.05, 0.1) is 12.1 Å². The first-order valence-corrected chi connectivity index (χ1v) is 7.36. The van der Waals surface area contributed by atoms with E-state index in [9.17, 15) is 9.90 Å². The molecule has 0 unspecified atom stereocenters. The molecular formula is C15H14N2O3S. The Hall–Kier alpha value is -2.18. The fraction of sp³-hybridized carbons (Fsp3) is 0.200. The number of aliphatic hydroxyl groups excluding tert-OH is 1. The lowest BCUT2D eigenvalue weighted by Gasteiger charge is -2.09. The number of aromatic nitrogens is 1. The molecule has 0 aliphatic heterocycles. The summed E-state index contributed by atoms with van der Waals surface area (Å²) in [5.41, 5.74) is 0.573. The van der Waals surface area contributed by atoms with Crippen molar-refractivity contribution >= 4 is 27.3 Å². The van der Waals surface area contributed by atoms with E-state index in [0.717, 1.165) is 15.0 Å². The highest BCUT2D eigenvalue weighted by atomic mass is 32.1. The Morgan fingerprint density at radius 3 is 3.00 bits per heavy atom. The number of carbonyl (C=O) groups excluding carboxylic acids is 1. The maximum Gasteiger partial charge on any atom is 0.226 e. The molecule has 108 valence electrons. The molecule has 0 aliphatic carbocycles. The predicted octanol–water partition coefficient (Wildman–Crippen LogP) is 2.28. The van der Waals surface area contributed by atoms with E-state index in [4.69, 9.17) is 0 Å². The Kier molecular flexibility index (Phi) is 3.98. The third kappa shape index (κ3) is 3.29. The van der Waals surface area contributed by atoms with Crippen molar-refractivity contribution in [3.05, 3.63) is 53.2 Å². The maximum atomic E-state index is 11.7. The maximum absolute atomic E-state index is 11.7. The summed E-state index contributed by atoms with van der Waals surface area (Å²) in [7, 11) is 0. The summed E-state index contributed by atoms with van der Waals surface area (Å²) in [5.74, 6) is -0.191. The highest BCUT2D eigenvalue weighted by Crippen LogP contribution is 2.29. The summed E-state index contributed by atoms with van der Waals surface area (Å²) in [5, 5.41) is 17.6. The largest absolute Gasteiger partial charge is 0.386 e. The van der Waals surface area contributed by atoms with Crippen molar-refractivity contribution in [3.8, 4) is 0 Å². The Labute approximate surface area is 125 Å². The van der Waals surface area contributed by atoms with Crippen LogP contribution < -0.4 is 5.32 Å². The van der Waals surface area contributed by atoms with E-state index in [1.54, 1.807) is 6.07 Å². The van der Waals surface area contributed by atoms with Crippen LogP contribution >= 0.6 is 11.3 Å². The molecule has 0 saturated carbocycles. The van der Waals surface area contributed by atoms with Crippen molar-refractivity contribution in [1.82, 2.24) is 10.5 Å². The number of aliphatic hydroxyl groups is 1. The van der Waals surface area contributed by atoms with Gasteiger partial charge in [0.15, 0.2) is 0 Å². The van der Waals surface area contributed by atoms with Gasteiger partial charge in [-0.3, -0.25) is 4.79 Å². The summed E-state index contributed by atoms with van der Waals surface area (Å²) in [6.45, 7) is 0.184. The van der Waals surface area contributed by atoms with Crippen molar-refractivity contribution in [2.45, 2.75) is 12.5 Å². The Morgan fingerprint density at radius 2 is 2.24 bits per heavy atom. The van der Waals surface area contributed by atoms with Gasteiger partial charge in [-0.25, -0.2) is 0 Å². The Morgan fingerprint density at radius 1 is 1.38 bits per heavy atom. The van der Waals surface area contributed by atoms with E-state index in [2.05, 4.69) is 15.0 Å². The zero-order valence-electron chi connectivity index (χ0n) is 11.2. The second-order valence-electron chi connectivity index (χ2n) is 4.67. The number of hydrogen-bond acceptors (Lipinski definition) is 5. The fourth-order valence-electron chi connectivity index (χ4n) is 2.03. The molecule has 0 spiro atoms. The molecule has 0 saturated heterocycles. The van der Waals surface area contributed by atoms with Crippen LogP contribution in [0.15, 0.2) is 47.2 Å². The van der Waals surface area contributed by atoms with Crippen molar-refractivity contribution in [2.75, 3.05) is 6.54 Å². The van der Waals surface area contributed by atoms with Crippen LogP contribution in [0.4, 0.5) is 0 Å². The second kappa shape index (κ2) is 6.07. The van der Waals surface area contributed by atoms with E-state index >= 15 is 0 Å². The van der Waals surface area contributed by atoms with Crippen molar-refractivity contribution in [1.29, 1.82) is 0 Å². The lowest BCUT2D eigenvalue weighted by molar-refractivity contribution is -0.121. The first-order chi connectivity index (χ1) is 10.2. The van der Waals surface area contributed by atoms with Gasteiger partial charge in [-0.05, 0) is 17.5 Å². The minimum absolute atomic E-state index is 0.148. The number of hydrogen-bond donors (Lipinski definition) is 2. The summed E-state index contributed by atoms with van der Waals surface area (Å²) < 4.78 is 5.79. The number of carbonyl (C=O) groups is 1. The SMILES string of the molecule is O=C(Cc1ccon1)NC[C@@H](O)c1cc2ccccc2s1. The van der Waals surface area contributed by atoms with Crippen LogP contribution in [0.25, 0.3) is 10.1 Å². The standard InChI is InChI=1S/C15H14N2O3S/c18-12(9-16-15(19)8-11-5-6-20-17-11)14-7-10-3-1-2-4-13(10)21-14/h1-7,12,18H,8-9H2,(H,16,19)/t12-/m1/s1. The van der Waals surface area contributed by atoms with Gasteiger partial charge in [-0.15, -0.1) is 11.3 Å². The van der Waals surface area contributed by atoms with Crippen LogP contribution in [-0.4, -0.2) is 22.7 Å². The van der Waals surface area contributed by atoms with Crippen molar-refractivity contribution in [2.24, 2.45) is 0 Å². The minimum atomic E-state index is -0.705. The van der Waals surface area contributed by atoms with E-state index in [1.165, 1.54) is 17.6 Å². The van der Waals surface area contributed by atoms with Crippen LogP contribution in [0.2, 0.25) is 0 Å². The molecule has 0 bridgehead atoms. The summed E-state index contributed by atoms with van der Waals surface area (Å²) in [4.78, 5) is 12.6. The highest BCUT2D eigenvalue weighted by Gasteiger charge is 2.13. The fourth-order valence-corrected chi connectivity index (χ4v) is 3.08. The topological polar surface area (TPSA) is 75.4 Å². The van der Waals surface area contributed by atoms with Crippen LogP contribution in [0.3, 0.4) is 0 Å². The quantitative estimate of drug-likeness (QED) is 0.758. The van der Waals surface area contributed by atoms with Gasteiger partial charge in [-0.2, -0.15) is 0 Å². The average Bonchev–Trinajstić information content (AvgIpc) is 3.13. The summed E-state index contributed by atoms with van der Waals surface area (Å²) >= 11 is 1.53. The molecule has 0 radical (unpaired) electrons.